The van der Waals surface area contributed by atoms with Gasteiger partial charge in [-0.3, -0.25) is 14.4 Å². The molecule has 0 N–H and O–H groups in total. The minimum atomic E-state index is -0.0667. The molecule has 0 rings (SSSR count). The van der Waals surface area contributed by atoms with E-state index in [1.165, 1.54) is 0 Å². The summed E-state index contributed by atoms with van der Waals surface area (Å²) in [6, 6.07) is 0. The third-order valence-corrected chi connectivity index (χ3v) is 9.27. The molecule has 0 aliphatic rings. The zero-order valence-electron chi connectivity index (χ0n) is 34.8. The van der Waals surface area contributed by atoms with E-state index in [1.54, 1.807) is 0 Å². The van der Waals surface area contributed by atoms with Gasteiger partial charge in [-0.15, -0.1) is 0 Å². The number of ether oxygens (including phenoxy) is 3. The fourth-order valence-corrected chi connectivity index (χ4v) is 6.93. The lowest BCUT2D eigenvalue weighted by Gasteiger charge is -2.23. The van der Waals surface area contributed by atoms with Gasteiger partial charge in [-0.2, -0.15) is 0 Å². The van der Waals surface area contributed by atoms with Crippen LogP contribution in [0.15, 0.2) is 0 Å². The quantitative estimate of drug-likeness (QED) is 0.0402. The summed E-state index contributed by atoms with van der Waals surface area (Å²) in [5, 5.41) is 0. The number of rotatable bonds is 31. The summed E-state index contributed by atoms with van der Waals surface area (Å²) in [5.74, 6) is 0.946. The van der Waals surface area contributed by atoms with Crippen molar-refractivity contribution in [3.05, 3.63) is 0 Å². The molecule has 7 nitrogen and oxygen atoms in total. The number of nitrogens with zero attached hydrogens (tertiary/aromatic N) is 1. The lowest BCUT2D eigenvalue weighted by Crippen LogP contribution is -2.20. The summed E-state index contributed by atoms with van der Waals surface area (Å²) in [6.07, 6.45) is 21.2. The first-order valence-electron chi connectivity index (χ1n) is 20.6. The standard InChI is InChI=1S/C43H83NO6/c1-36(34-42(3,4)5)29-32-48-39(45)26-21-17-13-11-15-19-24-38(50-41(47)28-23-31-44(9)10)25-20-16-12-14-18-22-27-40(46)49-33-30-37(2)35-43(6,7)8/h36-38H,11-35H2,1-10H3. The molecule has 50 heavy (non-hydrogen) atoms. The number of hydrogen-bond donors (Lipinski definition) is 0. The lowest BCUT2D eigenvalue weighted by atomic mass is 9.84. The summed E-state index contributed by atoms with van der Waals surface area (Å²) >= 11 is 0. The van der Waals surface area contributed by atoms with Crippen molar-refractivity contribution in [3.63, 3.8) is 0 Å². The molecule has 7 heteroatoms. The second kappa shape index (κ2) is 28.9. The molecule has 0 saturated carbocycles. The third-order valence-electron chi connectivity index (χ3n) is 9.27. The molecule has 0 amide bonds. The van der Waals surface area contributed by atoms with Gasteiger partial charge in [0.15, 0.2) is 0 Å². The topological polar surface area (TPSA) is 82.1 Å². The van der Waals surface area contributed by atoms with Gasteiger partial charge in [0.05, 0.1) is 13.2 Å². The Labute approximate surface area is 310 Å². The van der Waals surface area contributed by atoms with Crippen molar-refractivity contribution >= 4 is 17.9 Å². The molecule has 0 aliphatic carbocycles. The van der Waals surface area contributed by atoms with Gasteiger partial charge in [0, 0.05) is 19.3 Å². The Bertz CT molecular complexity index is 802. The van der Waals surface area contributed by atoms with Crippen molar-refractivity contribution in [2.75, 3.05) is 33.9 Å². The van der Waals surface area contributed by atoms with Crippen molar-refractivity contribution in [2.45, 2.75) is 203 Å². The lowest BCUT2D eigenvalue weighted by molar-refractivity contribution is -0.150. The largest absolute Gasteiger partial charge is 0.466 e. The summed E-state index contributed by atoms with van der Waals surface area (Å²) in [5.41, 5.74) is 0.624. The van der Waals surface area contributed by atoms with Gasteiger partial charge in [-0.1, -0.05) is 107 Å². The third kappa shape index (κ3) is 34.8. The van der Waals surface area contributed by atoms with Gasteiger partial charge >= 0.3 is 17.9 Å². The minimum Gasteiger partial charge on any atom is -0.466 e. The molecule has 296 valence electrons. The highest BCUT2D eigenvalue weighted by Gasteiger charge is 2.17. The first-order valence-corrected chi connectivity index (χ1v) is 20.6. The van der Waals surface area contributed by atoms with Gasteiger partial charge < -0.3 is 19.1 Å². The molecule has 0 aromatic rings. The van der Waals surface area contributed by atoms with Crippen LogP contribution in [0.5, 0.6) is 0 Å². The first-order chi connectivity index (χ1) is 23.5. The molecule has 0 radical (unpaired) electrons. The molecular formula is C43H83NO6. The van der Waals surface area contributed by atoms with E-state index in [0.717, 1.165) is 129 Å². The fourth-order valence-electron chi connectivity index (χ4n) is 6.93. The predicted octanol–water partition coefficient (Wildman–Crippen LogP) is 11.5. The minimum absolute atomic E-state index is 0.00336. The summed E-state index contributed by atoms with van der Waals surface area (Å²) in [6.45, 7) is 20.0. The number of unbranched alkanes of at least 4 members (excludes halogenated alkanes) is 10. The van der Waals surface area contributed by atoms with Crippen LogP contribution in [0.3, 0.4) is 0 Å². The van der Waals surface area contributed by atoms with Crippen LogP contribution < -0.4 is 0 Å². The molecule has 0 saturated heterocycles. The van der Waals surface area contributed by atoms with Crippen molar-refractivity contribution < 1.29 is 28.6 Å². The normalized spacial score (nSPS) is 14.0. The van der Waals surface area contributed by atoms with Crippen LogP contribution in [-0.2, 0) is 28.6 Å². The van der Waals surface area contributed by atoms with Gasteiger partial charge in [0.25, 0.3) is 0 Å². The van der Waals surface area contributed by atoms with E-state index >= 15 is 0 Å². The SMILES string of the molecule is CC(CCOC(=O)CCCCCCCCC(CCCCCCCCC(=O)OCCC(C)CC(C)(C)C)OC(=O)CCCN(C)C)CC(C)(C)C. The predicted molar refractivity (Wildman–Crippen MR) is 209 cm³/mol. The molecule has 0 heterocycles. The summed E-state index contributed by atoms with van der Waals surface area (Å²) in [7, 11) is 4.05. The monoisotopic (exact) mass is 710 g/mol. The molecule has 2 unspecified atom stereocenters. The Kier molecular flexibility index (Phi) is 28.0. The zero-order valence-corrected chi connectivity index (χ0v) is 34.8. The maximum Gasteiger partial charge on any atom is 0.306 e. The number of hydrogen-bond acceptors (Lipinski definition) is 7. The molecule has 0 bridgehead atoms. The molecule has 0 aromatic carbocycles. The molecule has 0 aromatic heterocycles. The maximum absolute atomic E-state index is 12.6. The smallest absolute Gasteiger partial charge is 0.306 e. The fraction of sp³-hybridized carbons (Fsp3) is 0.930. The average Bonchev–Trinajstić information content (AvgIpc) is 2.97. The van der Waals surface area contributed by atoms with Gasteiger partial charge in [0.2, 0.25) is 0 Å². The van der Waals surface area contributed by atoms with E-state index in [2.05, 4.69) is 60.3 Å². The second-order valence-corrected chi connectivity index (χ2v) is 18.1. The molecular weight excluding hydrogens is 626 g/mol. The Morgan fingerprint density at radius 1 is 0.500 bits per heavy atom. The van der Waals surface area contributed by atoms with Gasteiger partial charge in [-0.25, -0.2) is 0 Å². The van der Waals surface area contributed by atoms with E-state index in [1.807, 2.05) is 14.1 Å². The van der Waals surface area contributed by atoms with Crippen LogP contribution in [0.4, 0.5) is 0 Å². The van der Waals surface area contributed by atoms with Crippen LogP contribution >= 0.6 is 0 Å². The summed E-state index contributed by atoms with van der Waals surface area (Å²) in [4.78, 5) is 38.9. The van der Waals surface area contributed by atoms with Crippen LogP contribution in [-0.4, -0.2) is 62.8 Å². The zero-order chi connectivity index (χ0) is 37.8. The number of carbonyl (C=O) groups is 3. The van der Waals surface area contributed by atoms with E-state index in [-0.39, 0.29) is 24.0 Å². The van der Waals surface area contributed by atoms with Crippen molar-refractivity contribution in [3.8, 4) is 0 Å². The highest BCUT2D eigenvalue weighted by atomic mass is 16.5. The second-order valence-electron chi connectivity index (χ2n) is 18.1. The first kappa shape index (κ1) is 48.4. The van der Waals surface area contributed by atoms with Crippen LogP contribution in [0.2, 0.25) is 0 Å². The Morgan fingerprint density at radius 2 is 0.860 bits per heavy atom. The van der Waals surface area contributed by atoms with E-state index in [0.29, 0.717) is 55.1 Å². The average molecular weight is 710 g/mol. The highest BCUT2D eigenvalue weighted by Crippen LogP contribution is 2.27. The van der Waals surface area contributed by atoms with E-state index in [9.17, 15) is 14.4 Å². The number of carbonyl (C=O) groups excluding carboxylic acids is 3. The number of esters is 3. The van der Waals surface area contributed by atoms with Crippen molar-refractivity contribution in [2.24, 2.45) is 22.7 Å². The Hall–Kier alpha value is -1.63. The molecule has 0 spiro atoms. The van der Waals surface area contributed by atoms with Crippen LogP contribution in [0, 0.1) is 22.7 Å². The van der Waals surface area contributed by atoms with Crippen molar-refractivity contribution in [1.29, 1.82) is 0 Å². The summed E-state index contributed by atoms with van der Waals surface area (Å²) < 4.78 is 16.9. The van der Waals surface area contributed by atoms with Crippen LogP contribution in [0.25, 0.3) is 0 Å². The van der Waals surface area contributed by atoms with Crippen molar-refractivity contribution in [1.82, 2.24) is 4.90 Å². The van der Waals surface area contributed by atoms with Gasteiger partial charge in [-0.05, 0) is 114 Å². The van der Waals surface area contributed by atoms with E-state index < -0.39 is 0 Å². The van der Waals surface area contributed by atoms with Gasteiger partial charge in [0.1, 0.15) is 6.10 Å². The Morgan fingerprint density at radius 3 is 1.24 bits per heavy atom. The highest BCUT2D eigenvalue weighted by molar-refractivity contribution is 5.70. The molecule has 0 fully saturated rings. The molecule has 2 atom stereocenters. The van der Waals surface area contributed by atoms with Crippen LogP contribution in [0.1, 0.15) is 197 Å². The molecule has 0 aliphatic heterocycles. The maximum atomic E-state index is 12.6. The van der Waals surface area contributed by atoms with E-state index in [4.69, 9.17) is 14.2 Å². The Balaban J connectivity index is 4.16.